The lowest BCUT2D eigenvalue weighted by molar-refractivity contribution is -0.870. The van der Waals surface area contributed by atoms with Crippen molar-refractivity contribution in [2.75, 3.05) is 41.9 Å². The molecule has 0 atom stereocenters. The van der Waals surface area contributed by atoms with E-state index in [0.717, 1.165) is 16.6 Å². The number of rotatable bonds is 15. The molecule has 0 aliphatic heterocycles. The standard InChI is InChI=1S/C18H42NO2Si/c1-7-8-9-10-11-12-13-14-17-22(20-5,21-6)18-15-16-19(2,3)4/h7-18H2,1-6H3/q+1. The molecular weight excluding hydrogens is 290 g/mol. The minimum atomic E-state index is -1.93. The van der Waals surface area contributed by atoms with Crippen molar-refractivity contribution in [2.24, 2.45) is 0 Å². The molecule has 0 spiro atoms. The number of hydrogen-bond acceptors (Lipinski definition) is 2. The molecule has 0 aromatic carbocycles. The highest BCUT2D eigenvalue weighted by Gasteiger charge is 2.34. The fourth-order valence-electron chi connectivity index (χ4n) is 2.97. The quantitative estimate of drug-likeness (QED) is 0.240. The topological polar surface area (TPSA) is 18.5 Å². The van der Waals surface area contributed by atoms with Gasteiger partial charge in [-0.25, -0.2) is 0 Å². The van der Waals surface area contributed by atoms with Gasteiger partial charge in [0.25, 0.3) is 0 Å². The highest BCUT2D eigenvalue weighted by molar-refractivity contribution is 6.67. The van der Waals surface area contributed by atoms with E-state index in [1.165, 1.54) is 64.3 Å². The summed E-state index contributed by atoms with van der Waals surface area (Å²) >= 11 is 0. The fourth-order valence-corrected chi connectivity index (χ4v) is 5.69. The van der Waals surface area contributed by atoms with Crippen LogP contribution in [0.15, 0.2) is 0 Å². The molecule has 4 heteroatoms. The zero-order valence-corrected chi connectivity index (χ0v) is 17.2. The first kappa shape index (κ1) is 22.1. The van der Waals surface area contributed by atoms with Gasteiger partial charge in [-0.05, 0) is 18.5 Å². The van der Waals surface area contributed by atoms with E-state index in [-0.39, 0.29) is 0 Å². The summed E-state index contributed by atoms with van der Waals surface area (Å²) in [6.07, 6.45) is 12.1. The zero-order chi connectivity index (χ0) is 16.9. The first-order valence-corrected chi connectivity index (χ1v) is 11.5. The van der Waals surface area contributed by atoms with Gasteiger partial charge < -0.3 is 13.3 Å². The molecule has 0 amide bonds. The number of unbranched alkanes of at least 4 members (excludes halogenated alkanes) is 7. The van der Waals surface area contributed by atoms with Crippen LogP contribution in [0.4, 0.5) is 0 Å². The highest BCUT2D eigenvalue weighted by atomic mass is 28.4. The van der Waals surface area contributed by atoms with Gasteiger partial charge in [0, 0.05) is 14.2 Å². The summed E-state index contributed by atoms with van der Waals surface area (Å²) in [5, 5.41) is 0. The molecule has 0 unspecified atom stereocenters. The second kappa shape index (κ2) is 12.5. The monoisotopic (exact) mass is 332 g/mol. The van der Waals surface area contributed by atoms with Crippen LogP contribution in [0.5, 0.6) is 0 Å². The Bertz CT molecular complexity index is 250. The van der Waals surface area contributed by atoms with E-state index in [0.29, 0.717) is 0 Å². The van der Waals surface area contributed by atoms with Gasteiger partial charge in [-0.2, -0.15) is 0 Å². The van der Waals surface area contributed by atoms with E-state index >= 15 is 0 Å². The van der Waals surface area contributed by atoms with E-state index < -0.39 is 8.56 Å². The number of quaternary nitrogens is 1. The lowest BCUT2D eigenvalue weighted by Gasteiger charge is -2.30. The van der Waals surface area contributed by atoms with Gasteiger partial charge in [0.15, 0.2) is 0 Å². The van der Waals surface area contributed by atoms with Crippen molar-refractivity contribution in [1.82, 2.24) is 0 Å². The van der Waals surface area contributed by atoms with Crippen LogP contribution in [0.3, 0.4) is 0 Å². The van der Waals surface area contributed by atoms with Gasteiger partial charge in [0.2, 0.25) is 0 Å². The molecule has 134 valence electrons. The van der Waals surface area contributed by atoms with Crippen molar-refractivity contribution >= 4 is 8.56 Å². The second-order valence-corrected chi connectivity index (χ2v) is 11.3. The van der Waals surface area contributed by atoms with Crippen LogP contribution in [-0.2, 0) is 8.85 Å². The van der Waals surface area contributed by atoms with Crippen LogP contribution < -0.4 is 0 Å². The molecule has 0 saturated heterocycles. The van der Waals surface area contributed by atoms with Gasteiger partial charge in [-0.15, -0.1) is 0 Å². The fraction of sp³-hybridized carbons (Fsp3) is 1.00. The maximum Gasteiger partial charge on any atom is 0.337 e. The summed E-state index contributed by atoms with van der Waals surface area (Å²) in [4.78, 5) is 0. The Hall–Kier alpha value is 0.0969. The Kier molecular flexibility index (Phi) is 12.6. The first-order valence-electron chi connectivity index (χ1n) is 9.30. The smallest absolute Gasteiger partial charge is 0.337 e. The maximum absolute atomic E-state index is 5.87. The van der Waals surface area contributed by atoms with Crippen molar-refractivity contribution in [1.29, 1.82) is 0 Å². The normalized spacial score (nSPS) is 12.8. The summed E-state index contributed by atoms with van der Waals surface area (Å²) in [5.41, 5.74) is 0. The molecule has 0 rings (SSSR count). The van der Waals surface area contributed by atoms with E-state index in [1.807, 2.05) is 14.2 Å². The minimum absolute atomic E-state index is 1.02. The number of nitrogens with zero attached hydrogens (tertiary/aromatic N) is 1. The largest absolute Gasteiger partial charge is 0.398 e. The van der Waals surface area contributed by atoms with Crippen LogP contribution in [-0.4, -0.2) is 55.0 Å². The highest BCUT2D eigenvalue weighted by Crippen LogP contribution is 2.24. The van der Waals surface area contributed by atoms with Crippen molar-refractivity contribution in [2.45, 2.75) is 76.8 Å². The SMILES string of the molecule is CCCCCCCCCC[Si](CCC[N+](C)(C)C)(OC)OC. The van der Waals surface area contributed by atoms with Gasteiger partial charge in [0.05, 0.1) is 27.7 Å². The van der Waals surface area contributed by atoms with E-state index in [4.69, 9.17) is 8.85 Å². The van der Waals surface area contributed by atoms with E-state index in [2.05, 4.69) is 28.1 Å². The summed E-state index contributed by atoms with van der Waals surface area (Å²) < 4.78 is 12.8. The Morgan fingerprint density at radius 3 is 1.59 bits per heavy atom. The first-order chi connectivity index (χ1) is 10.4. The molecule has 3 nitrogen and oxygen atoms in total. The van der Waals surface area contributed by atoms with Crippen LogP contribution in [0.25, 0.3) is 0 Å². The summed E-state index contributed by atoms with van der Waals surface area (Å²) in [6, 6.07) is 2.29. The van der Waals surface area contributed by atoms with Crippen LogP contribution in [0.2, 0.25) is 12.1 Å². The summed E-state index contributed by atoms with van der Waals surface area (Å²) in [5.74, 6) is 0. The lowest BCUT2D eigenvalue weighted by Crippen LogP contribution is -2.42. The predicted molar refractivity (Wildman–Crippen MR) is 99.5 cm³/mol. The predicted octanol–water partition coefficient (Wildman–Crippen LogP) is 4.96. The average Bonchev–Trinajstić information content (AvgIpc) is 2.47. The van der Waals surface area contributed by atoms with Crippen LogP contribution >= 0.6 is 0 Å². The second-order valence-electron chi connectivity index (χ2n) is 7.66. The third-order valence-electron chi connectivity index (χ3n) is 4.54. The maximum atomic E-state index is 5.87. The molecule has 0 aromatic heterocycles. The summed E-state index contributed by atoms with van der Waals surface area (Å²) in [6.45, 7) is 3.47. The Morgan fingerprint density at radius 1 is 0.682 bits per heavy atom. The van der Waals surface area contributed by atoms with Crippen LogP contribution in [0, 0.1) is 0 Å². The lowest BCUT2D eigenvalue weighted by atomic mass is 10.1. The molecule has 0 aliphatic carbocycles. The molecule has 0 heterocycles. The van der Waals surface area contributed by atoms with Crippen molar-refractivity contribution in [3.63, 3.8) is 0 Å². The molecule has 0 aliphatic rings. The molecule has 22 heavy (non-hydrogen) atoms. The van der Waals surface area contributed by atoms with Crippen molar-refractivity contribution < 1.29 is 13.3 Å². The van der Waals surface area contributed by atoms with Gasteiger partial charge in [-0.1, -0.05) is 58.3 Å². The molecule has 0 saturated carbocycles. The van der Waals surface area contributed by atoms with Gasteiger partial charge in [-0.3, -0.25) is 0 Å². The van der Waals surface area contributed by atoms with Crippen molar-refractivity contribution in [3.05, 3.63) is 0 Å². The Labute approximate surface area is 141 Å². The van der Waals surface area contributed by atoms with Crippen molar-refractivity contribution in [3.8, 4) is 0 Å². The van der Waals surface area contributed by atoms with Gasteiger partial charge in [0.1, 0.15) is 0 Å². The van der Waals surface area contributed by atoms with E-state index in [1.54, 1.807) is 0 Å². The number of hydrogen-bond donors (Lipinski definition) is 0. The Morgan fingerprint density at radius 2 is 1.14 bits per heavy atom. The minimum Gasteiger partial charge on any atom is -0.398 e. The Balaban J connectivity index is 3.87. The summed E-state index contributed by atoms with van der Waals surface area (Å²) in [7, 11) is 8.53. The average molecular weight is 333 g/mol. The third-order valence-corrected chi connectivity index (χ3v) is 8.26. The molecule has 0 fully saturated rings. The van der Waals surface area contributed by atoms with Crippen LogP contribution in [0.1, 0.15) is 64.7 Å². The molecule has 0 N–H and O–H groups in total. The zero-order valence-electron chi connectivity index (χ0n) is 16.2. The molecule has 0 aromatic rings. The molecular formula is C18H42NO2Si+. The van der Waals surface area contributed by atoms with E-state index in [9.17, 15) is 0 Å². The molecule has 0 bridgehead atoms. The molecule has 0 radical (unpaired) electrons. The third kappa shape index (κ3) is 11.6. The van der Waals surface area contributed by atoms with Gasteiger partial charge >= 0.3 is 8.56 Å².